The Bertz CT molecular complexity index is 1030. The van der Waals surface area contributed by atoms with E-state index in [1.54, 1.807) is 19.2 Å². The zero-order valence-corrected chi connectivity index (χ0v) is 18.9. The van der Waals surface area contributed by atoms with Gasteiger partial charge in [-0.1, -0.05) is 25.1 Å². The molecule has 0 saturated heterocycles. The number of aromatic nitrogens is 1. The Morgan fingerprint density at radius 2 is 2.06 bits per heavy atom. The fourth-order valence-electron chi connectivity index (χ4n) is 4.49. The third kappa shape index (κ3) is 5.30. The number of ether oxygens (including phenoxy) is 1. The Balaban J connectivity index is 1.18. The van der Waals surface area contributed by atoms with Crippen molar-refractivity contribution < 1.29 is 13.9 Å². The van der Waals surface area contributed by atoms with Crippen molar-refractivity contribution >= 4 is 16.8 Å². The van der Waals surface area contributed by atoms with Crippen LogP contribution in [0, 0.1) is 11.7 Å². The normalized spacial score (nSPS) is 17.6. The van der Waals surface area contributed by atoms with E-state index in [1.807, 2.05) is 30.3 Å². The number of nitrogens with zero attached hydrogens (tertiary/aromatic N) is 1. The number of nitrogens with one attached hydrogen (secondary N) is 2. The van der Waals surface area contributed by atoms with E-state index in [9.17, 15) is 9.18 Å². The van der Waals surface area contributed by atoms with E-state index in [0.29, 0.717) is 24.1 Å². The quantitative estimate of drug-likeness (QED) is 0.417. The highest BCUT2D eigenvalue weighted by Gasteiger charge is 2.40. The van der Waals surface area contributed by atoms with Crippen molar-refractivity contribution in [2.45, 2.75) is 32.1 Å². The van der Waals surface area contributed by atoms with Crippen molar-refractivity contribution in [3.05, 3.63) is 65.6 Å². The standard InChI is InChI=1S/C26H32FN3O2/c1-3-30(17-19-14-21(19)22-16-20(27)10-11-25(22)32-2)13-7-6-12-28-26(31)24-15-18-8-4-5-9-23(18)29-24/h4-5,8-11,15-16,19,21,29H,3,6-7,12-14,17H2,1-2H3,(H,28,31). The molecular weight excluding hydrogens is 405 g/mol. The molecule has 0 spiro atoms. The molecule has 0 radical (unpaired) electrons. The molecule has 1 heterocycles. The second-order valence-electron chi connectivity index (χ2n) is 8.62. The Kier molecular flexibility index (Phi) is 7.10. The van der Waals surface area contributed by atoms with Crippen LogP contribution in [0.25, 0.3) is 10.9 Å². The molecule has 1 aliphatic rings. The summed E-state index contributed by atoms with van der Waals surface area (Å²) in [7, 11) is 1.64. The maximum absolute atomic E-state index is 13.7. The molecule has 2 atom stereocenters. The lowest BCUT2D eigenvalue weighted by molar-refractivity contribution is 0.0948. The number of amides is 1. The largest absolute Gasteiger partial charge is 0.496 e. The summed E-state index contributed by atoms with van der Waals surface area (Å²) in [6.45, 7) is 5.85. The van der Waals surface area contributed by atoms with Gasteiger partial charge in [0.2, 0.25) is 0 Å². The van der Waals surface area contributed by atoms with E-state index in [4.69, 9.17) is 4.74 Å². The number of methoxy groups -OCH3 is 1. The first-order chi connectivity index (χ1) is 15.6. The minimum atomic E-state index is -0.201. The maximum atomic E-state index is 13.7. The van der Waals surface area contributed by atoms with E-state index >= 15 is 0 Å². The molecule has 1 amide bonds. The third-order valence-corrected chi connectivity index (χ3v) is 6.41. The van der Waals surface area contributed by atoms with Gasteiger partial charge < -0.3 is 19.9 Å². The summed E-state index contributed by atoms with van der Waals surface area (Å²) < 4.78 is 19.1. The Morgan fingerprint density at radius 3 is 2.84 bits per heavy atom. The van der Waals surface area contributed by atoms with Crippen LogP contribution in [0.1, 0.15) is 48.2 Å². The summed E-state index contributed by atoms with van der Waals surface area (Å²) >= 11 is 0. The van der Waals surface area contributed by atoms with Gasteiger partial charge in [0.05, 0.1) is 7.11 Å². The SMILES string of the molecule is CCN(CCCCNC(=O)c1cc2ccccc2[nH]1)CC1CC1c1cc(F)ccc1OC. The molecule has 4 rings (SSSR count). The van der Waals surface area contributed by atoms with Crippen molar-refractivity contribution in [1.29, 1.82) is 0 Å². The Labute approximate surface area is 189 Å². The number of unbranched alkanes of at least 4 members (excludes halogenated alkanes) is 1. The summed E-state index contributed by atoms with van der Waals surface area (Å²) in [5.74, 6) is 1.46. The highest BCUT2D eigenvalue weighted by atomic mass is 19.1. The number of carbonyl (C=O) groups is 1. The van der Waals surface area contributed by atoms with Crippen molar-refractivity contribution in [3.8, 4) is 5.75 Å². The van der Waals surface area contributed by atoms with Gasteiger partial charge in [-0.15, -0.1) is 0 Å². The van der Waals surface area contributed by atoms with E-state index in [0.717, 1.165) is 61.1 Å². The summed E-state index contributed by atoms with van der Waals surface area (Å²) in [4.78, 5) is 18.0. The number of benzene rings is 2. The van der Waals surface area contributed by atoms with Crippen LogP contribution in [-0.4, -0.2) is 49.1 Å². The van der Waals surface area contributed by atoms with Gasteiger partial charge in [0.15, 0.2) is 0 Å². The molecule has 0 aliphatic heterocycles. The first-order valence-corrected chi connectivity index (χ1v) is 11.5. The molecule has 2 aromatic carbocycles. The van der Waals surface area contributed by atoms with Crippen molar-refractivity contribution in [1.82, 2.24) is 15.2 Å². The molecule has 170 valence electrons. The van der Waals surface area contributed by atoms with Gasteiger partial charge in [0.1, 0.15) is 17.3 Å². The van der Waals surface area contributed by atoms with Gasteiger partial charge in [-0.3, -0.25) is 4.79 Å². The molecular formula is C26H32FN3O2. The molecule has 3 aromatic rings. The predicted octanol–water partition coefficient (Wildman–Crippen LogP) is 4.95. The first kappa shape index (κ1) is 22.3. The smallest absolute Gasteiger partial charge is 0.267 e. The highest BCUT2D eigenvalue weighted by molar-refractivity contribution is 5.97. The Hall–Kier alpha value is -2.86. The summed E-state index contributed by atoms with van der Waals surface area (Å²) in [5, 5.41) is 4.06. The number of halogens is 1. The van der Waals surface area contributed by atoms with Crippen molar-refractivity contribution in [3.63, 3.8) is 0 Å². The number of H-pyrrole nitrogens is 1. The van der Waals surface area contributed by atoms with Crippen molar-refractivity contribution in [2.24, 2.45) is 5.92 Å². The van der Waals surface area contributed by atoms with E-state index < -0.39 is 0 Å². The van der Waals surface area contributed by atoms with Crippen LogP contribution in [0.4, 0.5) is 4.39 Å². The molecule has 32 heavy (non-hydrogen) atoms. The second-order valence-corrected chi connectivity index (χ2v) is 8.62. The molecule has 5 nitrogen and oxygen atoms in total. The van der Waals surface area contributed by atoms with Crippen LogP contribution in [-0.2, 0) is 0 Å². The van der Waals surface area contributed by atoms with Gasteiger partial charge >= 0.3 is 0 Å². The molecule has 1 fully saturated rings. The molecule has 2 N–H and O–H groups in total. The monoisotopic (exact) mass is 437 g/mol. The van der Waals surface area contributed by atoms with E-state index in [-0.39, 0.29) is 11.7 Å². The number of rotatable bonds is 11. The number of fused-ring (bicyclic) bond motifs is 1. The van der Waals surface area contributed by atoms with Gasteiger partial charge in [0.25, 0.3) is 5.91 Å². The highest BCUT2D eigenvalue weighted by Crippen LogP contribution is 2.50. The van der Waals surface area contributed by atoms with E-state index in [1.165, 1.54) is 6.07 Å². The maximum Gasteiger partial charge on any atom is 0.267 e. The van der Waals surface area contributed by atoms with Crippen LogP contribution in [0.3, 0.4) is 0 Å². The zero-order chi connectivity index (χ0) is 22.5. The minimum Gasteiger partial charge on any atom is -0.496 e. The fraction of sp³-hybridized carbons (Fsp3) is 0.423. The average Bonchev–Trinajstić information content (AvgIpc) is 3.43. The zero-order valence-electron chi connectivity index (χ0n) is 18.9. The first-order valence-electron chi connectivity index (χ1n) is 11.5. The molecule has 1 saturated carbocycles. The van der Waals surface area contributed by atoms with E-state index in [2.05, 4.69) is 22.1 Å². The number of hydrogen-bond acceptors (Lipinski definition) is 3. The Morgan fingerprint density at radius 1 is 1.22 bits per heavy atom. The number of para-hydroxylation sites is 1. The van der Waals surface area contributed by atoms with Gasteiger partial charge in [-0.05, 0) is 74.5 Å². The second kappa shape index (κ2) is 10.2. The topological polar surface area (TPSA) is 57.4 Å². The van der Waals surface area contributed by atoms with Crippen LogP contribution >= 0.6 is 0 Å². The number of carbonyl (C=O) groups excluding carboxylic acids is 1. The lowest BCUT2D eigenvalue weighted by Crippen LogP contribution is -2.29. The number of hydrogen-bond donors (Lipinski definition) is 2. The lowest BCUT2D eigenvalue weighted by Gasteiger charge is -2.20. The number of aromatic amines is 1. The minimum absolute atomic E-state index is 0.0570. The van der Waals surface area contributed by atoms with Gasteiger partial charge in [0, 0.05) is 29.6 Å². The lowest BCUT2D eigenvalue weighted by atomic mass is 10.1. The summed E-state index contributed by atoms with van der Waals surface area (Å²) in [6, 6.07) is 14.6. The molecule has 2 unspecified atom stereocenters. The van der Waals surface area contributed by atoms with Gasteiger partial charge in [-0.25, -0.2) is 4.39 Å². The third-order valence-electron chi connectivity index (χ3n) is 6.41. The predicted molar refractivity (Wildman–Crippen MR) is 126 cm³/mol. The van der Waals surface area contributed by atoms with Crippen LogP contribution in [0.15, 0.2) is 48.5 Å². The molecule has 6 heteroatoms. The average molecular weight is 438 g/mol. The van der Waals surface area contributed by atoms with Crippen LogP contribution in [0.5, 0.6) is 5.75 Å². The van der Waals surface area contributed by atoms with Crippen molar-refractivity contribution in [2.75, 3.05) is 33.3 Å². The molecule has 1 aliphatic carbocycles. The summed E-state index contributed by atoms with van der Waals surface area (Å²) in [6.07, 6.45) is 3.05. The van der Waals surface area contributed by atoms with Gasteiger partial charge in [-0.2, -0.15) is 0 Å². The summed E-state index contributed by atoms with van der Waals surface area (Å²) in [5.41, 5.74) is 2.58. The molecule has 0 bridgehead atoms. The molecule has 1 aromatic heterocycles. The van der Waals surface area contributed by atoms with Crippen LogP contribution < -0.4 is 10.1 Å². The fourth-order valence-corrected chi connectivity index (χ4v) is 4.49. The van der Waals surface area contributed by atoms with Crippen LogP contribution in [0.2, 0.25) is 0 Å².